The van der Waals surface area contributed by atoms with E-state index in [9.17, 15) is 4.79 Å². The van der Waals surface area contributed by atoms with Crippen LogP contribution in [0.15, 0.2) is 24.3 Å². The first-order valence-electron chi connectivity index (χ1n) is 6.37. The zero-order chi connectivity index (χ0) is 13.0. The second-order valence-corrected chi connectivity index (χ2v) is 4.88. The Morgan fingerprint density at radius 3 is 2.67 bits per heavy atom. The van der Waals surface area contributed by atoms with Crippen molar-refractivity contribution in [2.75, 3.05) is 20.1 Å². The lowest BCUT2D eigenvalue weighted by Crippen LogP contribution is -2.44. The number of likely N-dealkylation sites (tertiary alicyclic amines) is 1. The molecular formula is C14H20N2O2. The van der Waals surface area contributed by atoms with Crippen molar-refractivity contribution < 1.29 is 9.53 Å². The van der Waals surface area contributed by atoms with Crippen LogP contribution >= 0.6 is 0 Å². The van der Waals surface area contributed by atoms with Gasteiger partial charge in [-0.3, -0.25) is 0 Å². The summed E-state index contributed by atoms with van der Waals surface area (Å²) < 4.78 is 5.31. The Balaban J connectivity index is 1.84. The first-order chi connectivity index (χ1) is 8.65. The summed E-state index contributed by atoms with van der Waals surface area (Å²) in [7, 11) is 2.10. The lowest BCUT2D eigenvalue weighted by molar-refractivity contribution is 0.182. The average Bonchev–Trinajstić information content (AvgIpc) is 2.35. The van der Waals surface area contributed by atoms with Gasteiger partial charge < -0.3 is 15.0 Å². The molecular weight excluding hydrogens is 228 g/mol. The third kappa shape index (κ3) is 3.47. The summed E-state index contributed by atoms with van der Waals surface area (Å²) in [6.07, 6.45) is 1.62. The van der Waals surface area contributed by atoms with Gasteiger partial charge in [-0.15, -0.1) is 0 Å². The predicted molar refractivity (Wildman–Crippen MR) is 70.9 cm³/mol. The molecule has 0 atom stereocenters. The fourth-order valence-corrected chi connectivity index (χ4v) is 2.12. The average molecular weight is 248 g/mol. The van der Waals surface area contributed by atoms with Crippen LogP contribution in [0, 0.1) is 6.92 Å². The van der Waals surface area contributed by atoms with Gasteiger partial charge in [0, 0.05) is 6.04 Å². The Labute approximate surface area is 108 Å². The second-order valence-electron chi connectivity index (χ2n) is 4.88. The zero-order valence-electron chi connectivity index (χ0n) is 11.0. The predicted octanol–water partition coefficient (Wildman–Crippen LogP) is 2.18. The van der Waals surface area contributed by atoms with E-state index in [1.807, 2.05) is 31.2 Å². The molecule has 1 fully saturated rings. The normalized spacial score (nSPS) is 17.4. The van der Waals surface area contributed by atoms with Crippen LogP contribution in [-0.2, 0) is 0 Å². The van der Waals surface area contributed by atoms with Crippen molar-refractivity contribution in [3.63, 3.8) is 0 Å². The number of nitrogens with zero attached hydrogens (tertiary/aromatic N) is 1. The van der Waals surface area contributed by atoms with Gasteiger partial charge in [-0.2, -0.15) is 0 Å². The smallest absolute Gasteiger partial charge is 0.410 e. The number of aryl methyl sites for hydroxylation is 1. The number of nitrogens with one attached hydrogen (secondary N) is 1. The summed E-state index contributed by atoms with van der Waals surface area (Å²) in [4.78, 5) is 14.0. The number of benzene rings is 1. The third-order valence-electron chi connectivity index (χ3n) is 3.34. The van der Waals surface area contributed by atoms with Crippen LogP contribution in [0.5, 0.6) is 5.75 Å². The van der Waals surface area contributed by atoms with Crippen LogP contribution in [0.1, 0.15) is 18.4 Å². The van der Waals surface area contributed by atoms with Gasteiger partial charge in [0.1, 0.15) is 5.75 Å². The lowest BCUT2D eigenvalue weighted by Gasteiger charge is -2.29. The fourth-order valence-electron chi connectivity index (χ4n) is 2.12. The molecule has 0 bridgehead atoms. The molecule has 1 aromatic rings. The van der Waals surface area contributed by atoms with Crippen molar-refractivity contribution >= 4 is 6.09 Å². The molecule has 1 amide bonds. The number of para-hydroxylation sites is 1. The molecule has 2 rings (SSSR count). The number of ether oxygens (including phenoxy) is 1. The largest absolute Gasteiger partial charge is 0.412 e. The number of hydrogen-bond donors (Lipinski definition) is 1. The number of carbonyl (C=O) groups excluding carboxylic acids is 1. The van der Waals surface area contributed by atoms with E-state index in [1.54, 1.807) is 0 Å². The molecule has 0 saturated carbocycles. The molecule has 1 heterocycles. The van der Waals surface area contributed by atoms with E-state index in [1.165, 1.54) is 0 Å². The molecule has 4 nitrogen and oxygen atoms in total. The number of carbonyl (C=O) groups is 1. The van der Waals surface area contributed by atoms with Crippen molar-refractivity contribution in [2.24, 2.45) is 0 Å². The lowest BCUT2D eigenvalue weighted by atomic mass is 10.1. The number of rotatable bonds is 2. The molecule has 1 saturated heterocycles. The Morgan fingerprint density at radius 2 is 2.00 bits per heavy atom. The van der Waals surface area contributed by atoms with Crippen molar-refractivity contribution in [1.29, 1.82) is 0 Å². The van der Waals surface area contributed by atoms with Gasteiger partial charge in [0.05, 0.1) is 0 Å². The number of hydrogen-bond acceptors (Lipinski definition) is 3. The molecule has 0 aromatic heterocycles. The standard InChI is InChI=1S/C14H20N2O2/c1-11-5-3-4-6-13(11)18-14(17)15-12-7-9-16(2)10-8-12/h3-6,12H,7-10H2,1-2H3,(H,15,17). The monoisotopic (exact) mass is 248 g/mol. The summed E-state index contributed by atoms with van der Waals surface area (Å²) in [6.45, 7) is 3.98. The van der Waals surface area contributed by atoms with Crippen LogP contribution in [0.4, 0.5) is 4.79 Å². The van der Waals surface area contributed by atoms with Gasteiger partial charge >= 0.3 is 6.09 Å². The Morgan fingerprint density at radius 1 is 1.33 bits per heavy atom. The van der Waals surface area contributed by atoms with Crippen molar-refractivity contribution in [3.8, 4) is 5.75 Å². The topological polar surface area (TPSA) is 41.6 Å². The van der Waals surface area contributed by atoms with Gasteiger partial charge in [0.25, 0.3) is 0 Å². The van der Waals surface area contributed by atoms with E-state index in [0.29, 0.717) is 5.75 Å². The molecule has 18 heavy (non-hydrogen) atoms. The summed E-state index contributed by atoms with van der Waals surface area (Å²) in [5, 5.41) is 2.93. The Kier molecular flexibility index (Phi) is 4.20. The van der Waals surface area contributed by atoms with E-state index >= 15 is 0 Å². The van der Waals surface area contributed by atoms with Crippen molar-refractivity contribution in [2.45, 2.75) is 25.8 Å². The molecule has 1 aliphatic rings. The molecule has 0 aliphatic carbocycles. The van der Waals surface area contributed by atoms with Crippen LogP contribution < -0.4 is 10.1 Å². The first-order valence-corrected chi connectivity index (χ1v) is 6.37. The van der Waals surface area contributed by atoms with E-state index in [4.69, 9.17) is 4.74 Å². The molecule has 1 aliphatic heterocycles. The van der Waals surface area contributed by atoms with Gasteiger partial charge in [0.2, 0.25) is 0 Å². The molecule has 98 valence electrons. The van der Waals surface area contributed by atoms with Gasteiger partial charge in [-0.1, -0.05) is 18.2 Å². The van der Waals surface area contributed by atoms with Crippen LogP contribution in [0.3, 0.4) is 0 Å². The van der Waals surface area contributed by atoms with Gasteiger partial charge in [0.15, 0.2) is 0 Å². The van der Waals surface area contributed by atoms with Gasteiger partial charge in [-0.25, -0.2) is 4.79 Å². The molecule has 1 N–H and O–H groups in total. The van der Waals surface area contributed by atoms with Gasteiger partial charge in [-0.05, 0) is 51.5 Å². The highest BCUT2D eigenvalue weighted by Crippen LogP contribution is 2.16. The highest BCUT2D eigenvalue weighted by Gasteiger charge is 2.19. The maximum atomic E-state index is 11.8. The SMILES string of the molecule is Cc1ccccc1OC(=O)NC1CCN(C)CC1. The van der Waals surface area contributed by atoms with Crippen LogP contribution in [0.25, 0.3) is 0 Å². The van der Waals surface area contributed by atoms with E-state index in [2.05, 4.69) is 17.3 Å². The minimum absolute atomic E-state index is 0.234. The summed E-state index contributed by atoms with van der Waals surface area (Å²) in [5.41, 5.74) is 0.969. The fraction of sp³-hybridized carbons (Fsp3) is 0.500. The maximum absolute atomic E-state index is 11.8. The second kappa shape index (κ2) is 5.87. The minimum Gasteiger partial charge on any atom is -0.410 e. The number of amides is 1. The first kappa shape index (κ1) is 12.9. The molecule has 4 heteroatoms. The van der Waals surface area contributed by atoms with Crippen LogP contribution in [0.2, 0.25) is 0 Å². The van der Waals surface area contributed by atoms with E-state index in [-0.39, 0.29) is 12.1 Å². The highest BCUT2D eigenvalue weighted by molar-refractivity contribution is 5.71. The summed E-state index contributed by atoms with van der Waals surface area (Å²) in [6, 6.07) is 7.77. The molecule has 0 unspecified atom stereocenters. The third-order valence-corrected chi connectivity index (χ3v) is 3.34. The maximum Gasteiger partial charge on any atom is 0.412 e. The van der Waals surface area contributed by atoms with E-state index in [0.717, 1.165) is 31.5 Å². The van der Waals surface area contributed by atoms with E-state index < -0.39 is 0 Å². The number of piperidine rings is 1. The molecule has 0 radical (unpaired) electrons. The zero-order valence-corrected chi connectivity index (χ0v) is 11.0. The Bertz CT molecular complexity index is 412. The Hall–Kier alpha value is -1.55. The summed E-state index contributed by atoms with van der Waals surface area (Å²) in [5.74, 6) is 0.628. The quantitative estimate of drug-likeness (QED) is 0.872. The highest BCUT2D eigenvalue weighted by atomic mass is 16.6. The summed E-state index contributed by atoms with van der Waals surface area (Å²) >= 11 is 0. The minimum atomic E-state index is -0.348. The van der Waals surface area contributed by atoms with Crippen molar-refractivity contribution in [3.05, 3.63) is 29.8 Å². The van der Waals surface area contributed by atoms with Crippen molar-refractivity contribution in [1.82, 2.24) is 10.2 Å². The van der Waals surface area contributed by atoms with Crippen LogP contribution in [-0.4, -0.2) is 37.2 Å². The molecule has 1 aromatic carbocycles. The molecule has 0 spiro atoms.